The second kappa shape index (κ2) is 20.6. The zero-order valence-corrected chi connectivity index (χ0v) is 34.4. The predicted octanol–water partition coefficient (Wildman–Crippen LogP) is 11.7. The molecular formula is C51H66O6. The van der Waals surface area contributed by atoms with E-state index in [2.05, 4.69) is 44.3 Å². The summed E-state index contributed by atoms with van der Waals surface area (Å²) in [5.74, 6) is 3.55. The summed E-state index contributed by atoms with van der Waals surface area (Å²) in [5.41, 5.74) is 4.88. The number of aliphatic hydroxyl groups is 2. The van der Waals surface area contributed by atoms with E-state index in [0.717, 1.165) is 54.6 Å². The maximum atomic E-state index is 12.3. The van der Waals surface area contributed by atoms with Gasteiger partial charge in [-0.05, 0) is 127 Å². The van der Waals surface area contributed by atoms with E-state index in [0.29, 0.717) is 23.3 Å². The van der Waals surface area contributed by atoms with Crippen LogP contribution in [0.25, 0.3) is 0 Å². The summed E-state index contributed by atoms with van der Waals surface area (Å²) in [4.78, 5) is 24.5. The quantitative estimate of drug-likeness (QED) is 0.0614. The molecule has 3 aliphatic carbocycles. The SMILES string of the molecule is C=C(CO)C(=O)Oc1ccc(C2(c3ccc(OC(=O)C(=C)CO)cc3)CCC(c3ccc(C4CCC(CCC5CCC(CCCCC)CC5)CC4)cc3)CC2)cc1. The summed E-state index contributed by atoms with van der Waals surface area (Å²) in [5, 5.41) is 18.6. The Morgan fingerprint density at radius 1 is 0.561 bits per heavy atom. The Balaban J connectivity index is 1.05. The van der Waals surface area contributed by atoms with Crippen LogP contribution in [0.5, 0.6) is 11.5 Å². The van der Waals surface area contributed by atoms with Gasteiger partial charge in [-0.3, -0.25) is 0 Å². The minimum atomic E-state index is -0.649. The maximum absolute atomic E-state index is 12.3. The van der Waals surface area contributed by atoms with Crippen LogP contribution >= 0.6 is 0 Å². The van der Waals surface area contributed by atoms with E-state index < -0.39 is 25.2 Å². The fourth-order valence-corrected chi connectivity index (χ4v) is 10.1. The van der Waals surface area contributed by atoms with E-state index in [1.54, 1.807) is 24.3 Å². The smallest absolute Gasteiger partial charge is 0.341 e. The molecule has 57 heavy (non-hydrogen) atoms. The number of hydrogen-bond acceptors (Lipinski definition) is 6. The highest BCUT2D eigenvalue weighted by Gasteiger charge is 2.39. The molecule has 3 fully saturated rings. The molecule has 0 radical (unpaired) electrons. The van der Waals surface area contributed by atoms with Crippen molar-refractivity contribution in [3.8, 4) is 11.5 Å². The van der Waals surface area contributed by atoms with E-state index >= 15 is 0 Å². The first-order chi connectivity index (χ1) is 27.7. The Hall–Kier alpha value is -4.00. The third kappa shape index (κ3) is 11.1. The number of hydrogen-bond donors (Lipinski definition) is 2. The highest BCUT2D eigenvalue weighted by molar-refractivity contribution is 5.90. The Kier molecular flexibility index (Phi) is 15.4. The Morgan fingerprint density at radius 3 is 1.35 bits per heavy atom. The number of benzene rings is 3. The van der Waals surface area contributed by atoms with E-state index in [-0.39, 0.29) is 16.6 Å². The lowest BCUT2D eigenvalue weighted by molar-refractivity contribution is -0.131. The first-order valence-electron chi connectivity index (χ1n) is 22.0. The van der Waals surface area contributed by atoms with Gasteiger partial charge in [0.1, 0.15) is 11.5 Å². The number of carbonyl (C=O) groups excluding carboxylic acids is 2. The minimum Gasteiger partial charge on any atom is -0.423 e. The molecule has 0 saturated heterocycles. The minimum absolute atomic E-state index is 0.00327. The van der Waals surface area contributed by atoms with Crippen molar-refractivity contribution in [2.24, 2.45) is 17.8 Å². The van der Waals surface area contributed by atoms with E-state index in [1.807, 2.05) is 24.3 Å². The standard InChI is InChI=1S/C51H66O6/c1-4-5-6-7-38-8-10-39(11-9-38)12-13-40-14-16-41(17-15-40)42-18-20-43(21-19-42)44-30-32-51(33-31-44,45-22-26-47(27-23-45)56-49(54)36(2)34-52)46-24-28-48(29-25-46)57-50(55)37(3)35-53/h18-29,38-41,44,52-53H,2-17,30-35H2,1H3. The van der Waals surface area contributed by atoms with Crippen LogP contribution in [0.1, 0.15) is 157 Å². The topological polar surface area (TPSA) is 93.1 Å². The van der Waals surface area contributed by atoms with E-state index in [4.69, 9.17) is 9.47 Å². The van der Waals surface area contributed by atoms with Gasteiger partial charge in [0.05, 0.1) is 24.4 Å². The molecule has 3 aliphatic rings. The molecule has 0 aromatic heterocycles. The van der Waals surface area contributed by atoms with Crippen molar-refractivity contribution in [1.29, 1.82) is 0 Å². The molecule has 2 N–H and O–H groups in total. The number of ether oxygens (including phenoxy) is 2. The number of esters is 2. The summed E-state index contributed by atoms with van der Waals surface area (Å²) in [6, 6.07) is 24.9. The van der Waals surface area contributed by atoms with Gasteiger partial charge >= 0.3 is 11.9 Å². The van der Waals surface area contributed by atoms with E-state index in [1.165, 1.54) is 101 Å². The molecule has 3 aromatic carbocycles. The lowest BCUT2D eigenvalue weighted by atomic mass is 9.62. The molecule has 0 spiro atoms. The average Bonchev–Trinajstić information content (AvgIpc) is 3.26. The molecule has 306 valence electrons. The third-order valence-corrected chi connectivity index (χ3v) is 13.9. The molecule has 0 heterocycles. The van der Waals surface area contributed by atoms with Crippen molar-refractivity contribution < 1.29 is 29.3 Å². The second-order valence-corrected chi connectivity index (χ2v) is 17.6. The van der Waals surface area contributed by atoms with Gasteiger partial charge < -0.3 is 19.7 Å². The highest BCUT2D eigenvalue weighted by Crippen LogP contribution is 2.50. The van der Waals surface area contributed by atoms with Gasteiger partial charge in [-0.15, -0.1) is 0 Å². The Bertz CT molecular complexity index is 1670. The normalized spacial score (nSPS) is 22.4. The Labute approximate surface area is 341 Å². The number of rotatable bonds is 17. The highest BCUT2D eigenvalue weighted by atomic mass is 16.5. The summed E-state index contributed by atoms with van der Waals surface area (Å²) in [7, 11) is 0. The van der Waals surface area contributed by atoms with Crippen molar-refractivity contribution in [2.75, 3.05) is 13.2 Å². The van der Waals surface area contributed by atoms with Gasteiger partial charge in [0.15, 0.2) is 0 Å². The van der Waals surface area contributed by atoms with Crippen LogP contribution in [0.2, 0.25) is 0 Å². The van der Waals surface area contributed by atoms with Crippen LogP contribution in [-0.2, 0) is 15.0 Å². The predicted molar refractivity (Wildman–Crippen MR) is 229 cm³/mol. The largest absolute Gasteiger partial charge is 0.423 e. The van der Waals surface area contributed by atoms with Crippen LogP contribution in [0.4, 0.5) is 0 Å². The average molecular weight is 775 g/mol. The summed E-state index contributed by atoms with van der Waals surface area (Å²) in [6.45, 7) is 8.54. The molecule has 6 rings (SSSR count). The first-order valence-corrected chi connectivity index (χ1v) is 22.0. The maximum Gasteiger partial charge on any atom is 0.341 e. The third-order valence-electron chi connectivity index (χ3n) is 13.9. The zero-order valence-electron chi connectivity index (χ0n) is 34.4. The molecule has 6 heteroatoms. The van der Waals surface area contributed by atoms with Gasteiger partial charge in [-0.2, -0.15) is 0 Å². The molecule has 6 nitrogen and oxygen atoms in total. The number of aliphatic hydroxyl groups excluding tert-OH is 2. The fourth-order valence-electron chi connectivity index (χ4n) is 10.1. The van der Waals surface area contributed by atoms with E-state index in [9.17, 15) is 19.8 Å². The van der Waals surface area contributed by atoms with Gasteiger partial charge in [-0.25, -0.2) is 9.59 Å². The zero-order chi connectivity index (χ0) is 40.2. The fraction of sp³-hybridized carbons (Fsp3) is 0.529. The molecular weight excluding hydrogens is 709 g/mol. The molecule has 0 aliphatic heterocycles. The Morgan fingerprint density at radius 2 is 0.947 bits per heavy atom. The first kappa shape index (κ1) is 42.6. The lowest BCUT2D eigenvalue weighted by Crippen LogP contribution is -2.32. The van der Waals surface area contributed by atoms with Crippen LogP contribution in [0.3, 0.4) is 0 Å². The van der Waals surface area contributed by atoms with Crippen LogP contribution in [0, 0.1) is 17.8 Å². The number of unbranched alkanes of at least 4 members (excludes halogenated alkanes) is 2. The summed E-state index contributed by atoms with van der Waals surface area (Å²) in [6.07, 6.45) is 23.8. The molecule has 0 bridgehead atoms. The van der Waals surface area contributed by atoms with Gasteiger partial charge in [0, 0.05) is 5.41 Å². The lowest BCUT2D eigenvalue weighted by Gasteiger charge is -2.42. The molecule has 3 saturated carbocycles. The van der Waals surface area contributed by atoms with Gasteiger partial charge in [-0.1, -0.05) is 133 Å². The van der Waals surface area contributed by atoms with Crippen molar-refractivity contribution in [1.82, 2.24) is 0 Å². The van der Waals surface area contributed by atoms with Crippen LogP contribution in [0.15, 0.2) is 97.1 Å². The summed E-state index contributed by atoms with van der Waals surface area (Å²) < 4.78 is 10.9. The van der Waals surface area contributed by atoms with Crippen molar-refractivity contribution in [3.05, 3.63) is 119 Å². The number of carbonyl (C=O) groups is 2. The van der Waals surface area contributed by atoms with Crippen molar-refractivity contribution in [3.63, 3.8) is 0 Å². The van der Waals surface area contributed by atoms with Gasteiger partial charge in [0.2, 0.25) is 0 Å². The molecule has 0 atom stereocenters. The van der Waals surface area contributed by atoms with Crippen molar-refractivity contribution in [2.45, 2.75) is 140 Å². The van der Waals surface area contributed by atoms with Gasteiger partial charge in [0.25, 0.3) is 0 Å². The molecule has 3 aromatic rings. The second-order valence-electron chi connectivity index (χ2n) is 17.6. The summed E-state index contributed by atoms with van der Waals surface area (Å²) >= 11 is 0. The molecule has 0 amide bonds. The molecule has 0 unspecified atom stereocenters. The van der Waals surface area contributed by atoms with Crippen LogP contribution in [-0.4, -0.2) is 35.4 Å². The monoisotopic (exact) mass is 774 g/mol. The van der Waals surface area contributed by atoms with Crippen LogP contribution < -0.4 is 9.47 Å². The van der Waals surface area contributed by atoms with Crippen molar-refractivity contribution >= 4 is 11.9 Å².